The molecule has 1 N–H and O–H groups in total. The zero-order valence-corrected chi connectivity index (χ0v) is 8.63. The van der Waals surface area contributed by atoms with Gasteiger partial charge in [-0.2, -0.15) is 0 Å². The highest BCUT2D eigenvalue weighted by molar-refractivity contribution is 5.83. The first kappa shape index (κ1) is 11.9. The summed E-state index contributed by atoms with van der Waals surface area (Å²) < 4.78 is 5.12. The molecule has 76 valence electrons. The molecular formula is C8H17N3O2. The van der Waals surface area contributed by atoms with Crippen LogP contribution in [0.4, 0.5) is 0 Å². The standard InChI is InChI=1S/C8H17N3O2/c1-9-7(11(3)4)5-13-6-8(12)10-2/h5-6H2,1-4H3,(H,10,12)/b9-7+. The molecule has 0 aliphatic heterocycles. The molecule has 0 aromatic rings. The van der Waals surface area contributed by atoms with Gasteiger partial charge in [0.25, 0.3) is 0 Å². The van der Waals surface area contributed by atoms with Crippen LogP contribution in [0.5, 0.6) is 0 Å². The van der Waals surface area contributed by atoms with Crippen molar-refractivity contribution in [2.45, 2.75) is 0 Å². The van der Waals surface area contributed by atoms with Crippen molar-refractivity contribution < 1.29 is 9.53 Å². The number of likely N-dealkylation sites (N-methyl/N-ethyl adjacent to an activating group) is 2. The molecule has 0 aromatic carbocycles. The topological polar surface area (TPSA) is 53.9 Å². The number of aliphatic imine (C=N–C) groups is 1. The molecule has 0 atom stereocenters. The number of amidine groups is 1. The van der Waals surface area contributed by atoms with Gasteiger partial charge in [-0.1, -0.05) is 0 Å². The van der Waals surface area contributed by atoms with Gasteiger partial charge < -0.3 is 15.0 Å². The molecule has 0 spiro atoms. The van der Waals surface area contributed by atoms with Crippen LogP contribution in [0.1, 0.15) is 0 Å². The van der Waals surface area contributed by atoms with Crippen molar-refractivity contribution >= 4 is 11.7 Å². The van der Waals surface area contributed by atoms with Gasteiger partial charge in [0.2, 0.25) is 5.91 Å². The highest BCUT2D eigenvalue weighted by Gasteiger charge is 2.02. The summed E-state index contributed by atoms with van der Waals surface area (Å²) in [6.07, 6.45) is 0. The van der Waals surface area contributed by atoms with E-state index in [2.05, 4.69) is 10.3 Å². The van der Waals surface area contributed by atoms with Crippen LogP contribution >= 0.6 is 0 Å². The molecule has 0 bridgehead atoms. The van der Waals surface area contributed by atoms with Crippen LogP contribution in [0.2, 0.25) is 0 Å². The fraction of sp³-hybridized carbons (Fsp3) is 0.750. The summed E-state index contributed by atoms with van der Waals surface area (Å²) in [6.45, 7) is 0.431. The number of nitrogens with one attached hydrogen (secondary N) is 1. The van der Waals surface area contributed by atoms with Crippen LogP contribution in [-0.4, -0.2) is 58.0 Å². The Morgan fingerprint density at radius 2 is 2.08 bits per heavy atom. The monoisotopic (exact) mass is 187 g/mol. The Balaban J connectivity index is 3.69. The minimum atomic E-state index is -0.130. The van der Waals surface area contributed by atoms with Crippen molar-refractivity contribution in [1.82, 2.24) is 10.2 Å². The highest BCUT2D eigenvalue weighted by Crippen LogP contribution is 1.85. The first-order valence-corrected chi connectivity index (χ1v) is 4.03. The fourth-order valence-corrected chi connectivity index (χ4v) is 0.701. The largest absolute Gasteiger partial charge is 0.365 e. The zero-order valence-electron chi connectivity index (χ0n) is 8.63. The number of carbonyl (C=O) groups is 1. The summed E-state index contributed by atoms with van der Waals surface area (Å²) in [5.41, 5.74) is 0. The third-order valence-corrected chi connectivity index (χ3v) is 1.52. The molecule has 0 aliphatic carbocycles. The van der Waals surface area contributed by atoms with Crippen molar-refractivity contribution in [2.24, 2.45) is 4.99 Å². The van der Waals surface area contributed by atoms with Gasteiger partial charge in [0.05, 0.1) is 0 Å². The van der Waals surface area contributed by atoms with Gasteiger partial charge in [0.15, 0.2) is 0 Å². The summed E-state index contributed by atoms with van der Waals surface area (Å²) in [5.74, 6) is 0.679. The molecule has 13 heavy (non-hydrogen) atoms. The number of rotatable bonds is 4. The Kier molecular flexibility index (Phi) is 5.88. The predicted molar refractivity (Wildman–Crippen MR) is 51.9 cm³/mol. The van der Waals surface area contributed by atoms with Gasteiger partial charge in [-0.05, 0) is 0 Å². The van der Waals surface area contributed by atoms with Crippen LogP contribution in [0.3, 0.4) is 0 Å². The van der Waals surface area contributed by atoms with E-state index < -0.39 is 0 Å². The van der Waals surface area contributed by atoms with Crippen LogP contribution in [0.15, 0.2) is 4.99 Å². The third-order valence-electron chi connectivity index (χ3n) is 1.52. The van der Waals surface area contributed by atoms with Crippen molar-refractivity contribution in [1.29, 1.82) is 0 Å². The molecule has 0 heterocycles. The van der Waals surface area contributed by atoms with Gasteiger partial charge in [-0.25, -0.2) is 0 Å². The lowest BCUT2D eigenvalue weighted by Crippen LogP contribution is -2.30. The second-order valence-corrected chi connectivity index (χ2v) is 2.70. The lowest BCUT2D eigenvalue weighted by Gasteiger charge is -2.14. The van der Waals surface area contributed by atoms with Crippen LogP contribution in [-0.2, 0) is 9.53 Å². The number of hydrogen-bond acceptors (Lipinski definition) is 3. The Hall–Kier alpha value is -1.10. The third kappa shape index (κ3) is 5.19. The molecule has 5 heteroatoms. The van der Waals surface area contributed by atoms with E-state index in [-0.39, 0.29) is 12.5 Å². The van der Waals surface area contributed by atoms with E-state index in [1.54, 1.807) is 14.1 Å². The Morgan fingerprint density at radius 1 is 1.46 bits per heavy atom. The van der Waals surface area contributed by atoms with Crippen molar-refractivity contribution in [3.8, 4) is 0 Å². The van der Waals surface area contributed by atoms with Crippen LogP contribution in [0, 0.1) is 0 Å². The second-order valence-electron chi connectivity index (χ2n) is 2.70. The normalized spacial score (nSPS) is 11.2. The second kappa shape index (κ2) is 6.42. The minimum absolute atomic E-state index is 0.0728. The average molecular weight is 187 g/mol. The Labute approximate surface area is 78.8 Å². The summed E-state index contributed by atoms with van der Waals surface area (Å²) >= 11 is 0. The van der Waals surface area contributed by atoms with Crippen molar-refractivity contribution in [3.05, 3.63) is 0 Å². The summed E-state index contributed by atoms with van der Waals surface area (Å²) in [4.78, 5) is 16.6. The lowest BCUT2D eigenvalue weighted by molar-refractivity contribution is -0.124. The molecule has 0 saturated carbocycles. The van der Waals surface area contributed by atoms with E-state index in [4.69, 9.17) is 4.74 Å². The number of nitrogens with zero attached hydrogens (tertiary/aromatic N) is 2. The number of carbonyl (C=O) groups excluding carboxylic acids is 1. The maximum Gasteiger partial charge on any atom is 0.245 e. The maximum absolute atomic E-state index is 10.8. The van der Waals surface area contributed by atoms with E-state index in [1.165, 1.54) is 0 Å². The molecule has 5 nitrogen and oxygen atoms in total. The molecule has 1 amide bonds. The molecule has 0 radical (unpaired) electrons. The molecule has 0 aliphatic rings. The highest BCUT2D eigenvalue weighted by atomic mass is 16.5. The smallest absolute Gasteiger partial charge is 0.245 e. The van der Waals surface area contributed by atoms with Gasteiger partial charge in [-0.3, -0.25) is 9.79 Å². The van der Waals surface area contributed by atoms with E-state index in [9.17, 15) is 4.79 Å². The molecule has 0 saturated heterocycles. The summed E-state index contributed by atoms with van der Waals surface area (Å²) in [6, 6.07) is 0. The minimum Gasteiger partial charge on any atom is -0.365 e. The van der Waals surface area contributed by atoms with E-state index in [0.29, 0.717) is 6.61 Å². The van der Waals surface area contributed by atoms with Crippen LogP contribution < -0.4 is 5.32 Å². The van der Waals surface area contributed by atoms with Crippen molar-refractivity contribution in [2.75, 3.05) is 41.4 Å². The zero-order chi connectivity index (χ0) is 10.3. The SMILES string of the molecule is C/N=C(\COCC(=O)NC)N(C)C. The van der Waals surface area contributed by atoms with Gasteiger partial charge in [0.1, 0.15) is 19.0 Å². The van der Waals surface area contributed by atoms with Crippen molar-refractivity contribution in [3.63, 3.8) is 0 Å². The van der Waals surface area contributed by atoms with Gasteiger partial charge >= 0.3 is 0 Å². The first-order valence-electron chi connectivity index (χ1n) is 4.03. The van der Waals surface area contributed by atoms with E-state index in [1.807, 2.05) is 19.0 Å². The number of amides is 1. The molecule has 0 unspecified atom stereocenters. The summed E-state index contributed by atoms with van der Waals surface area (Å²) in [7, 11) is 7.03. The van der Waals surface area contributed by atoms with Crippen LogP contribution in [0.25, 0.3) is 0 Å². The molecule has 0 aromatic heterocycles. The number of hydrogen-bond donors (Lipinski definition) is 1. The molecule has 0 fully saturated rings. The van der Waals surface area contributed by atoms with Gasteiger partial charge in [-0.15, -0.1) is 0 Å². The average Bonchev–Trinajstić information content (AvgIpc) is 2.11. The molecule has 0 rings (SSSR count). The maximum atomic E-state index is 10.8. The fourth-order valence-electron chi connectivity index (χ4n) is 0.701. The van der Waals surface area contributed by atoms with E-state index in [0.717, 1.165) is 5.84 Å². The number of ether oxygens (including phenoxy) is 1. The molecular weight excluding hydrogens is 170 g/mol. The van der Waals surface area contributed by atoms with E-state index >= 15 is 0 Å². The quantitative estimate of drug-likeness (QED) is 0.469. The lowest BCUT2D eigenvalue weighted by atomic mass is 10.5. The Morgan fingerprint density at radius 3 is 2.46 bits per heavy atom. The summed E-state index contributed by atoms with van der Waals surface area (Å²) in [5, 5.41) is 2.47. The van der Waals surface area contributed by atoms with Gasteiger partial charge in [0, 0.05) is 28.2 Å². The first-order chi connectivity index (χ1) is 6.11. The predicted octanol–water partition coefficient (Wildman–Crippen LogP) is -0.661. The Bertz CT molecular complexity index is 190.